The van der Waals surface area contributed by atoms with Crippen LogP contribution < -0.4 is 5.32 Å². The maximum atomic E-state index is 11.8. The Bertz CT molecular complexity index is 497. The van der Waals surface area contributed by atoms with Gasteiger partial charge in [-0.3, -0.25) is 9.79 Å². The molecule has 1 N–H and O–H groups in total. The SMILES string of the molecule is COC(=O)c1ccc(C(=O)NC2=NCCS2)cc1. The Morgan fingerprint density at radius 2 is 1.94 bits per heavy atom. The van der Waals surface area contributed by atoms with Crippen molar-refractivity contribution in [1.82, 2.24) is 5.32 Å². The van der Waals surface area contributed by atoms with Gasteiger partial charge in [0.25, 0.3) is 5.91 Å². The van der Waals surface area contributed by atoms with Crippen molar-refractivity contribution in [2.45, 2.75) is 0 Å². The van der Waals surface area contributed by atoms with E-state index < -0.39 is 5.97 Å². The van der Waals surface area contributed by atoms with Crippen molar-refractivity contribution in [3.05, 3.63) is 35.4 Å². The van der Waals surface area contributed by atoms with Crippen molar-refractivity contribution in [3.63, 3.8) is 0 Å². The second kappa shape index (κ2) is 5.68. The van der Waals surface area contributed by atoms with Crippen molar-refractivity contribution in [3.8, 4) is 0 Å². The summed E-state index contributed by atoms with van der Waals surface area (Å²) < 4.78 is 4.58. The van der Waals surface area contributed by atoms with Gasteiger partial charge in [0.2, 0.25) is 0 Å². The summed E-state index contributed by atoms with van der Waals surface area (Å²) in [5, 5.41) is 3.37. The van der Waals surface area contributed by atoms with E-state index >= 15 is 0 Å². The maximum Gasteiger partial charge on any atom is 0.337 e. The molecule has 94 valence electrons. The average molecular weight is 264 g/mol. The molecule has 0 saturated carbocycles. The van der Waals surface area contributed by atoms with E-state index in [1.807, 2.05) is 0 Å². The number of amides is 1. The van der Waals surface area contributed by atoms with E-state index in [-0.39, 0.29) is 5.91 Å². The second-order valence-corrected chi connectivity index (χ2v) is 4.64. The van der Waals surface area contributed by atoms with Gasteiger partial charge in [0.1, 0.15) is 0 Å². The van der Waals surface area contributed by atoms with Gasteiger partial charge < -0.3 is 10.1 Å². The molecule has 5 nitrogen and oxygen atoms in total. The molecule has 1 heterocycles. The number of carbonyl (C=O) groups excluding carboxylic acids is 2. The number of nitrogens with one attached hydrogen (secondary N) is 1. The molecule has 1 aromatic carbocycles. The summed E-state index contributed by atoms with van der Waals surface area (Å²) in [6.45, 7) is 0.738. The monoisotopic (exact) mass is 264 g/mol. The molecule has 0 fully saturated rings. The highest BCUT2D eigenvalue weighted by atomic mass is 32.2. The zero-order valence-corrected chi connectivity index (χ0v) is 10.6. The van der Waals surface area contributed by atoms with Crippen LogP contribution in [0.5, 0.6) is 0 Å². The van der Waals surface area contributed by atoms with Crippen molar-refractivity contribution in [2.75, 3.05) is 19.4 Å². The van der Waals surface area contributed by atoms with Gasteiger partial charge in [-0.1, -0.05) is 11.8 Å². The number of amidine groups is 1. The van der Waals surface area contributed by atoms with Crippen molar-refractivity contribution in [1.29, 1.82) is 0 Å². The van der Waals surface area contributed by atoms with E-state index in [0.29, 0.717) is 16.3 Å². The van der Waals surface area contributed by atoms with Gasteiger partial charge in [0, 0.05) is 11.3 Å². The number of carbonyl (C=O) groups is 2. The maximum absolute atomic E-state index is 11.8. The molecule has 0 bridgehead atoms. The lowest BCUT2D eigenvalue weighted by molar-refractivity contribution is 0.0600. The lowest BCUT2D eigenvalue weighted by atomic mass is 10.1. The van der Waals surface area contributed by atoms with Crippen LogP contribution in [0, 0.1) is 0 Å². The average Bonchev–Trinajstić information content (AvgIpc) is 2.91. The Hall–Kier alpha value is -1.82. The third-order valence-electron chi connectivity index (χ3n) is 2.37. The fourth-order valence-electron chi connectivity index (χ4n) is 1.46. The number of nitrogens with zero attached hydrogens (tertiary/aromatic N) is 1. The molecule has 0 aromatic heterocycles. The van der Waals surface area contributed by atoms with E-state index in [2.05, 4.69) is 15.0 Å². The standard InChI is InChI=1S/C12H12N2O3S/c1-17-11(16)9-4-2-8(3-5-9)10(15)14-12-13-6-7-18-12/h2-5H,6-7H2,1H3,(H,13,14,15). The number of hydrogen-bond acceptors (Lipinski definition) is 5. The zero-order valence-electron chi connectivity index (χ0n) is 9.80. The van der Waals surface area contributed by atoms with Crippen molar-refractivity contribution < 1.29 is 14.3 Å². The third kappa shape index (κ3) is 2.89. The first kappa shape index (κ1) is 12.6. The summed E-state index contributed by atoms with van der Waals surface area (Å²) in [7, 11) is 1.32. The van der Waals surface area contributed by atoms with Gasteiger partial charge in [-0.2, -0.15) is 0 Å². The first-order valence-corrected chi connectivity index (χ1v) is 6.36. The number of esters is 1. The quantitative estimate of drug-likeness (QED) is 0.818. The largest absolute Gasteiger partial charge is 0.465 e. The van der Waals surface area contributed by atoms with Gasteiger partial charge in [-0.05, 0) is 24.3 Å². The summed E-state index contributed by atoms with van der Waals surface area (Å²) in [6, 6.07) is 6.29. The van der Waals surface area contributed by atoms with E-state index in [9.17, 15) is 9.59 Å². The minimum Gasteiger partial charge on any atom is -0.465 e. The molecule has 0 aliphatic carbocycles. The van der Waals surface area contributed by atoms with Crippen LogP contribution in [0.15, 0.2) is 29.3 Å². The third-order valence-corrected chi connectivity index (χ3v) is 3.27. The molecule has 0 saturated heterocycles. The smallest absolute Gasteiger partial charge is 0.337 e. The Morgan fingerprint density at radius 3 is 2.50 bits per heavy atom. The molecule has 1 aliphatic heterocycles. The molecule has 0 spiro atoms. The second-order valence-electron chi connectivity index (χ2n) is 3.56. The number of aliphatic imine (C=N–C) groups is 1. The minimum absolute atomic E-state index is 0.223. The van der Waals surface area contributed by atoms with Gasteiger partial charge in [-0.25, -0.2) is 4.79 Å². The molecule has 1 amide bonds. The van der Waals surface area contributed by atoms with Crippen LogP contribution in [-0.2, 0) is 4.74 Å². The molecular formula is C12H12N2O3S. The first-order chi connectivity index (χ1) is 8.70. The van der Waals surface area contributed by atoms with Crippen LogP contribution in [0.4, 0.5) is 0 Å². The molecule has 0 radical (unpaired) electrons. The topological polar surface area (TPSA) is 67.8 Å². The van der Waals surface area contributed by atoms with Crippen LogP contribution >= 0.6 is 11.8 Å². The van der Waals surface area contributed by atoms with E-state index in [1.165, 1.54) is 18.9 Å². The molecular weight excluding hydrogens is 252 g/mol. The van der Waals surface area contributed by atoms with Crippen LogP contribution in [-0.4, -0.2) is 36.5 Å². The molecule has 2 rings (SSSR count). The van der Waals surface area contributed by atoms with Crippen LogP contribution in [0.25, 0.3) is 0 Å². The summed E-state index contributed by atoms with van der Waals surface area (Å²) >= 11 is 1.52. The van der Waals surface area contributed by atoms with Gasteiger partial charge in [0.05, 0.1) is 19.2 Å². The predicted octanol–water partition coefficient (Wildman–Crippen LogP) is 1.31. The van der Waals surface area contributed by atoms with Gasteiger partial charge >= 0.3 is 5.97 Å². The normalized spacial score (nSPS) is 13.9. The fraction of sp³-hybridized carbons (Fsp3) is 0.250. The van der Waals surface area contributed by atoms with E-state index in [4.69, 9.17) is 0 Å². The van der Waals surface area contributed by atoms with Crippen LogP contribution in [0.3, 0.4) is 0 Å². The fourth-order valence-corrected chi connectivity index (χ4v) is 2.18. The van der Waals surface area contributed by atoms with Gasteiger partial charge in [0.15, 0.2) is 5.17 Å². The Kier molecular flexibility index (Phi) is 3.99. The van der Waals surface area contributed by atoms with Crippen LogP contribution in [0.1, 0.15) is 20.7 Å². The lowest BCUT2D eigenvalue weighted by Crippen LogP contribution is -2.27. The summed E-state index contributed by atoms with van der Waals surface area (Å²) in [5.41, 5.74) is 0.902. The summed E-state index contributed by atoms with van der Waals surface area (Å²) in [6.07, 6.45) is 0. The Labute approximate surface area is 109 Å². The van der Waals surface area contributed by atoms with Crippen molar-refractivity contribution in [2.24, 2.45) is 4.99 Å². The Morgan fingerprint density at radius 1 is 1.28 bits per heavy atom. The van der Waals surface area contributed by atoms with E-state index in [0.717, 1.165) is 12.3 Å². The zero-order chi connectivity index (χ0) is 13.0. The molecule has 1 aliphatic rings. The minimum atomic E-state index is -0.419. The number of methoxy groups -OCH3 is 1. The molecule has 6 heteroatoms. The number of ether oxygens (including phenoxy) is 1. The van der Waals surface area contributed by atoms with Crippen LogP contribution in [0.2, 0.25) is 0 Å². The number of thioether (sulfide) groups is 1. The summed E-state index contributed by atoms with van der Waals surface area (Å²) in [4.78, 5) is 27.2. The molecule has 0 unspecified atom stereocenters. The highest BCUT2D eigenvalue weighted by Gasteiger charge is 2.13. The highest BCUT2D eigenvalue weighted by molar-refractivity contribution is 8.14. The summed E-state index contributed by atoms with van der Waals surface area (Å²) in [5.74, 6) is 0.258. The number of hydrogen-bond donors (Lipinski definition) is 1. The lowest BCUT2D eigenvalue weighted by Gasteiger charge is -2.04. The molecule has 1 aromatic rings. The highest BCUT2D eigenvalue weighted by Crippen LogP contribution is 2.11. The predicted molar refractivity (Wildman–Crippen MR) is 70.0 cm³/mol. The number of rotatable bonds is 2. The molecule has 0 atom stereocenters. The first-order valence-electron chi connectivity index (χ1n) is 5.37. The Balaban J connectivity index is 2.04. The van der Waals surface area contributed by atoms with Gasteiger partial charge in [-0.15, -0.1) is 0 Å². The molecule has 18 heavy (non-hydrogen) atoms. The van der Waals surface area contributed by atoms with E-state index in [1.54, 1.807) is 24.3 Å². The van der Waals surface area contributed by atoms with Crippen molar-refractivity contribution >= 4 is 28.8 Å². The number of benzene rings is 1.